The second-order valence-electron chi connectivity index (χ2n) is 4.91. The molecule has 0 amide bonds. The minimum atomic E-state index is 0.406. The number of nitrogens with zero attached hydrogens (tertiary/aromatic N) is 2. The number of anilines is 1. The van der Waals surface area contributed by atoms with Gasteiger partial charge in [-0.25, -0.2) is 4.98 Å². The van der Waals surface area contributed by atoms with E-state index in [9.17, 15) is 0 Å². The van der Waals surface area contributed by atoms with Gasteiger partial charge in [0.1, 0.15) is 5.82 Å². The number of pyridine rings is 1. The van der Waals surface area contributed by atoms with Gasteiger partial charge in [-0.3, -0.25) is 0 Å². The first-order chi connectivity index (χ1) is 8.26. The Hall–Kier alpha value is -0.800. The van der Waals surface area contributed by atoms with Crippen molar-refractivity contribution in [1.82, 2.24) is 4.98 Å². The van der Waals surface area contributed by atoms with Crippen LogP contribution in [0.15, 0.2) is 12.1 Å². The normalized spacial score (nSPS) is 27.5. The molecule has 2 saturated heterocycles. The average Bonchev–Trinajstić information content (AvgIpc) is 2.68. The number of halogens is 1. The van der Waals surface area contributed by atoms with E-state index in [1.165, 1.54) is 12.8 Å². The van der Waals surface area contributed by atoms with Gasteiger partial charge >= 0.3 is 0 Å². The van der Waals surface area contributed by atoms with Gasteiger partial charge in [-0.15, -0.1) is 11.6 Å². The molecule has 0 N–H and O–H groups in total. The molecule has 0 spiro atoms. The molecule has 2 atom stereocenters. The SMILES string of the molecule is Cc1nc(N2CC3CCC(C2)O3)ccc1CCl. The Morgan fingerprint density at radius 3 is 2.65 bits per heavy atom. The fraction of sp³-hybridized carbons (Fsp3) is 0.615. The third-order valence-corrected chi connectivity index (χ3v) is 3.98. The molecule has 2 bridgehead atoms. The van der Waals surface area contributed by atoms with Crippen molar-refractivity contribution in [2.75, 3.05) is 18.0 Å². The van der Waals surface area contributed by atoms with Crippen molar-refractivity contribution in [2.45, 2.75) is 37.9 Å². The molecule has 3 rings (SSSR count). The summed E-state index contributed by atoms with van der Waals surface area (Å²) in [4.78, 5) is 6.99. The summed E-state index contributed by atoms with van der Waals surface area (Å²) in [6, 6.07) is 4.16. The Balaban J connectivity index is 1.82. The highest BCUT2D eigenvalue weighted by Gasteiger charge is 2.34. The van der Waals surface area contributed by atoms with E-state index < -0.39 is 0 Å². The highest BCUT2D eigenvalue weighted by molar-refractivity contribution is 6.17. The highest BCUT2D eigenvalue weighted by atomic mass is 35.5. The van der Waals surface area contributed by atoms with Crippen LogP contribution in [-0.2, 0) is 10.6 Å². The molecule has 2 fully saturated rings. The highest BCUT2D eigenvalue weighted by Crippen LogP contribution is 2.29. The quantitative estimate of drug-likeness (QED) is 0.757. The molecule has 0 aliphatic carbocycles. The first-order valence-corrected chi connectivity index (χ1v) is 6.72. The summed E-state index contributed by atoms with van der Waals surface area (Å²) in [7, 11) is 0. The van der Waals surface area contributed by atoms with Crippen LogP contribution in [-0.4, -0.2) is 30.3 Å². The molecule has 0 saturated carbocycles. The van der Waals surface area contributed by atoms with Crippen LogP contribution in [0.1, 0.15) is 24.1 Å². The second kappa shape index (κ2) is 4.46. The van der Waals surface area contributed by atoms with Gasteiger partial charge < -0.3 is 9.64 Å². The predicted molar refractivity (Wildman–Crippen MR) is 68.6 cm³/mol. The van der Waals surface area contributed by atoms with Crippen molar-refractivity contribution in [2.24, 2.45) is 0 Å². The second-order valence-corrected chi connectivity index (χ2v) is 5.18. The van der Waals surface area contributed by atoms with E-state index in [1.807, 2.05) is 6.92 Å². The van der Waals surface area contributed by atoms with Gasteiger partial charge in [-0.05, 0) is 31.4 Å². The molecule has 4 heteroatoms. The number of aryl methyl sites for hydroxylation is 1. The summed E-state index contributed by atoms with van der Waals surface area (Å²) in [5.41, 5.74) is 2.16. The van der Waals surface area contributed by atoms with Crippen molar-refractivity contribution in [3.05, 3.63) is 23.4 Å². The van der Waals surface area contributed by atoms with Gasteiger partial charge in [0.2, 0.25) is 0 Å². The van der Waals surface area contributed by atoms with E-state index in [0.717, 1.165) is 30.2 Å². The molecule has 3 nitrogen and oxygen atoms in total. The number of ether oxygens (including phenoxy) is 1. The van der Waals surface area contributed by atoms with Gasteiger partial charge in [0.25, 0.3) is 0 Å². The maximum absolute atomic E-state index is 5.85. The lowest BCUT2D eigenvalue weighted by Gasteiger charge is -2.33. The molecule has 1 aromatic heterocycles. The van der Waals surface area contributed by atoms with Crippen molar-refractivity contribution >= 4 is 17.4 Å². The van der Waals surface area contributed by atoms with Crippen LogP contribution in [0.4, 0.5) is 5.82 Å². The third kappa shape index (κ3) is 2.14. The topological polar surface area (TPSA) is 25.4 Å². The Kier molecular flexibility index (Phi) is 2.97. The van der Waals surface area contributed by atoms with Gasteiger partial charge in [-0.2, -0.15) is 0 Å². The molecule has 3 heterocycles. The smallest absolute Gasteiger partial charge is 0.128 e. The van der Waals surface area contributed by atoms with E-state index >= 15 is 0 Å². The van der Waals surface area contributed by atoms with Gasteiger partial charge in [0.05, 0.1) is 12.2 Å². The number of morpholine rings is 1. The van der Waals surface area contributed by atoms with Crippen LogP contribution in [0.25, 0.3) is 0 Å². The number of hydrogen-bond acceptors (Lipinski definition) is 3. The third-order valence-electron chi connectivity index (χ3n) is 3.69. The fourth-order valence-electron chi connectivity index (χ4n) is 2.70. The summed E-state index contributed by atoms with van der Waals surface area (Å²) in [6.07, 6.45) is 3.20. The van der Waals surface area contributed by atoms with Crippen molar-refractivity contribution in [3.8, 4) is 0 Å². The summed E-state index contributed by atoms with van der Waals surface area (Å²) in [6.45, 7) is 3.97. The number of fused-ring (bicyclic) bond motifs is 2. The maximum atomic E-state index is 5.85. The number of aromatic nitrogens is 1. The molecule has 1 aromatic rings. The van der Waals surface area contributed by atoms with Gasteiger partial charge in [-0.1, -0.05) is 6.07 Å². The van der Waals surface area contributed by atoms with Crippen LogP contribution >= 0.6 is 11.6 Å². The van der Waals surface area contributed by atoms with Crippen LogP contribution < -0.4 is 4.90 Å². The zero-order chi connectivity index (χ0) is 11.8. The standard InChI is InChI=1S/C13H17ClN2O/c1-9-10(6-14)2-5-13(15-9)16-7-11-3-4-12(8-16)17-11/h2,5,11-12H,3-4,6-8H2,1H3. The average molecular weight is 253 g/mol. The lowest BCUT2D eigenvalue weighted by Crippen LogP contribution is -2.43. The van der Waals surface area contributed by atoms with Crippen molar-refractivity contribution in [3.63, 3.8) is 0 Å². The van der Waals surface area contributed by atoms with E-state index in [0.29, 0.717) is 18.1 Å². The molecule has 92 valence electrons. The van der Waals surface area contributed by atoms with Crippen molar-refractivity contribution in [1.29, 1.82) is 0 Å². The lowest BCUT2D eigenvalue weighted by atomic mass is 10.2. The molecule has 2 aliphatic rings. The Morgan fingerprint density at radius 1 is 1.35 bits per heavy atom. The van der Waals surface area contributed by atoms with Gasteiger partial charge in [0.15, 0.2) is 0 Å². The number of alkyl halides is 1. The van der Waals surface area contributed by atoms with E-state index in [-0.39, 0.29) is 0 Å². The Labute approximate surface area is 107 Å². The van der Waals surface area contributed by atoms with Crippen LogP contribution in [0.2, 0.25) is 0 Å². The van der Waals surface area contributed by atoms with E-state index in [4.69, 9.17) is 16.3 Å². The first-order valence-electron chi connectivity index (χ1n) is 6.19. The number of rotatable bonds is 2. The lowest BCUT2D eigenvalue weighted by molar-refractivity contribution is 0.0302. The molecule has 2 unspecified atom stereocenters. The Morgan fingerprint density at radius 2 is 2.06 bits per heavy atom. The monoisotopic (exact) mass is 252 g/mol. The zero-order valence-electron chi connectivity index (χ0n) is 10.0. The summed E-state index contributed by atoms with van der Waals surface area (Å²) in [5, 5.41) is 0. The van der Waals surface area contributed by atoms with Crippen LogP contribution in [0, 0.1) is 6.92 Å². The predicted octanol–water partition coefficient (Wildman–Crippen LogP) is 2.50. The Bertz CT molecular complexity index is 412. The van der Waals surface area contributed by atoms with Crippen LogP contribution in [0.3, 0.4) is 0 Å². The van der Waals surface area contributed by atoms with E-state index in [1.54, 1.807) is 0 Å². The summed E-state index contributed by atoms with van der Waals surface area (Å²) in [5.74, 6) is 1.60. The first kappa shape index (κ1) is 11.3. The summed E-state index contributed by atoms with van der Waals surface area (Å²) < 4.78 is 5.83. The molecule has 2 aliphatic heterocycles. The summed E-state index contributed by atoms with van der Waals surface area (Å²) >= 11 is 5.85. The minimum absolute atomic E-state index is 0.406. The molecule has 0 radical (unpaired) electrons. The number of hydrogen-bond donors (Lipinski definition) is 0. The van der Waals surface area contributed by atoms with Crippen molar-refractivity contribution < 1.29 is 4.74 Å². The van der Waals surface area contributed by atoms with E-state index in [2.05, 4.69) is 22.0 Å². The molecular weight excluding hydrogens is 236 g/mol. The minimum Gasteiger partial charge on any atom is -0.371 e. The molecule has 0 aromatic carbocycles. The maximum Gasteiger partial charge on any atom is 0.128 e. The molecule has 17 heavy (non-hydrogen) atoms. The van der Waals surface area contributed by atoms with Crippen LogP contribution in [0.5, 0.6) is 0 Å². The fourth-order valence-corrected chi connectivity index (χ4v) is 2.98. The zero-order valence-corrected chi connectivity index (χ0v) is 10.8. The van der Waals surface area contributed by atoms with Gasteiger partial charge in [0, 0.05) is 24.7 Å². The molecular formula is C13H17ClN2O. The largest absolute Gasteiger partial charge is 0.371 e.